The molecule has 2 heterocycles. The Morgan fingerprint density at radius 2 is 1.72 bits per heavy atom. The molecule has 154 valence electrons. The summed E-state index contributed by atoms with van der Waals surface area (Å²) < 4.78 is 2.11. The molecular weight excluding hydrogens is 384 g/mol. The Labute approximate surface area is 176 Å². The van der Waals surface area contributed by atoms with Gasteiger partial charge in [0.1, 0.15) is 5.82 Å². The molecule has 2 N–H and O–H groups in total. The standard InChI is InChI=1S/C20H28N8S/c1-7-28-16(13-8-10-14(11-9-13)20(2,3)4)25-26-19(28)29-12-15-22-17(21)24-18(23-15)27(5)6/h8-11H,7,12H2,1-6H3,(H2,21,22,23,24). The zero-order chi connectivity index (χ0) is 21.2. The maximum absolute atomic E-state index is 5.81. The quantitative estimate of drug-likeness (QED) is 0.615. The lowest BCUT2D eigenvalue weighted by molar-refractivity contribution is 0.590. The molecule has 8 nitrogen and oxygen atoms in total. The number of nitrogens with two attached hydrogens (primary N) is 1. The number of anilines is 2. The number of rotatable bonds is 6. The average molecular weight is 413 g/mol. The van der Waals surface area contributed by atoms with E-state index in [1.54, 1.807) is 4.90 Å². The third-order valence-corrected chi connectivity index (χ3v) is 5.42. The normalized spacial score (nSPS) is 11.7. The Kier molecular flexibility index (Phi) is 6.07. The molecule has 29 heavy (non-hydrogen) atoms. The molecule has 0 saturated heterocycles. The number of hydrogen-bond acceptors (Lipinski definition) is 8. The summed E-state index contributed by atoms with van der Waals surface area (Å²) >= 11 is 1.54. The van der Waals surface area contributed by atoms with Crippen LogP contribution in [0.5, 0.6) is 0 Å². The zero-order valence-corrected chi connectivity index (χ0v) is 18.7. The summed E-state index contributed by atoms with van der Waals surface area (Å²) in [5, 5.41) is 9.65. The predicted molar refractivity (Wildman–Crippen MR) is 118 cm³/mol. The molecule has 3 rings (SSSR count). The summed E-state index contributed by atoms with van der Waals surface area (Å²) in [6.07, 6.45) is 0. The van der Waals surface area contributed by atoms with Crippen LogP contribution in [0, 0.1) is 0 Å². The van der Waals surface area contributed by atoms with Crippen molar-refractivity contribution in [3.05, 3.63) is 35.7 Å². The second-order valence-corrected chi connectivity index (χ2v) is 8.91. The lowest BCUT2D eigenvalue weighted by atomic mass is 9.87. The van der Waals surface area contributed by atoms with Crippen LogP contribution in [0.3, 0.4) is 0 Å². The maximum Gasteiger partial charge on any atom is 0.229 e. The van der Waals surface area contributed by atoms with Crippen LogP contribution in [0.25, 0.3) is 11.4 Å². The first-order valence-electron chi connectivity index (χ1n) is 9.53. The largest absolute Gasteiger partial charge is 0.368 e. The van der Waals surface area contributed by atoms with Crippen LogP contribution in [0.1, 0.15) is 39.1 Å². The molecule has 0 bridgehead atoms. The summed E-state index contributed by atoms with van der Waals surface area (Å²) in [6.45, 7) is 9.49. The van der Waals surface area contributed by atoms with E-state index in [1.807, 2.05) is 14.1 Å². The summed E-state index contributed by atoms with van der Waals surface area (Å²) in [7, 11) is 3.74. The summed E-state index contributed by atoms with van der Waals surface area (Å²) in [6, 6.07) is 8.54. The Morgan fingerprint density at radius 3 is 2.31 bits per heavy atom. The van der Waals surface area contributed by atoms with Crippen molar-refractivity contribution >= 4 is 23.7 Å². The molecule has 0 amide bonds. The maximum atomic E-state index is 5.81. The highest BCUT2D eigenvalue weighted by Gasteiger charge is 2.17. The SMILES string of the molecule is CCn1c(SCc2nc(N)nc(N(C)C)n2)nnc1-c1ccc(C(C)(C)C)cc1. The molecule has 0 aliphatic carbocycles. The van der Waals surface area contributed by atoms with E-state index in [1.165, 1.54) is 17.3 Å². The summed E-state index contributed by atoms with van der Waals surface area (Å²) in [4.78, 5) is 14.6. The van der Waals surface area contributed by atoms with E-state index in [2.05, 4.69) is 81.7 Å². The molecule has 0 atom stereocenters. The first-order chi connectivity index (χ1) is 13.7. The van der Waals surface area contributed by atoms with Crippen molar-refractivity contribution < 1.29 is 0 Å². The van der Waals surface area contributed by atoms with E-state index in [9.17, 15) is 0 Å². The number of thioether (sulfide) groups is 1. The van der Waals surface area contributed by atoms with Crippen molar-refractivity contribution in [2.75, 3.05) is 24.7 Å². The molecule has 0 aliphatic heterocycles. The fraction of sp³-hybridized carbons (Fsp3) is 0.450. The summed E-state index contributed by atoms with van der Waals surface area (Å²) in [5.74, 6) is 2.78. The number of nitrogens with zero attached hydrogens (tertiary/aromatic N) is 7. The monoisotopic (exact) mass is 412 g/mol. The van der Waals surface area contributed by atoms with Crippen molar-refractivity contribution in [1.82, 2.24) is 29.7 Å². The first kappa shape index (κ1) is 21.0. The smallest absolute Gasteiger partial charge is 0.229 e. The minimum absolute atomic E-state index is 0.121. The van der Waals surface area contributed by atoms with Crippen molar-refractivity contribution in [3.63, 3.8) is 0 Å². The van der Waals surface area contributed by atoms with E-state index in [-0.39, 0.29) is 11.4 Å². The van der Waals surface area contributed by atoms with E-state index < -0.39 is 0 Å². The highest BCUT2D eigenvalue weighted by atomic mass is 32.2. The van der Waals surface area contributed by atoms with Gasteiger partial charge >= 0.3 is 0 Å². The Morgan fingerprint density at radius 1 is 1.03 bits per heavy atom. The summed E-state index contributed by atoms with van der Waals surface area (Å²) in [5.41, 5.74) is 8.28. The highest BCUT2D eigenvalue weighted by Crippen LogP contribution is 2.28. The minimum atomic E-state index is 0.121. The van der Waals surface area contributed by atoms with Gasteiger partial charge in [0.05, 0.1) is 5.75 Å². The Bertz CT molecular complexity index is 973. The van der Waals surface area contributed by atoms with E-state index in [0.717, 1.165) is 23.1 Å². The van der Waals surface area contributed by atoms with Gasteiger partial charge in [-0.15, -0.1) is 10.2 Å². The van der Waals surface area contributed by atoms with Crippen molar-refractivity contribution in [1.29, 1.82) is 0 Å². The molecule has 0 unspecified atom stereocenters. The first-order valence-corrected chi connectivity index (χ1v) is 10.5. The molecule has 0 fully saturated rings. The van der Waals surface area contributed by atoms with Gasteiger partial charge in [0, 0.05) is 26.2 Å². The third-order valence-electron chi connectivity index (χ3n) is 4.46. The average Bonchev–Trinajstić information content (AvgIpc) is 3.08. The zero-order valence-electron chi connectivity index (χ0n) is 17.8. The van der Waals surface area contributed by atoms with Crippen LogP contribution in [-0.2, 0) is 17.7 Å². The fourth-order valence-electron chi connectivity index (χ4n) is 2.83. The topological polar surface area (TPSA) is 98.6 Å². The second kappa shape index (κ2) is 8.36. The molecule has 3 aromatic rings. The molecule has 2 aromatic heterocycles. The fourth-order valence-corrected chi connectivity index (χ4v) is 3.69. The minimum Gasteiger partial charge on any atom is -0.368 e. The molecule has 0 aliphatic rings. The lowest BCUT2D eigenvalue weighted by Gasteiger charge is -2.19. The van der Waals surface area contributed by atoms with E-state index in [0.29, 0.717) is 17.5 Å². The number of hydrogen-bond donors (Lipinski definition) is 1. The van der Waals surface area contributed by atoms with E-state index >= 15 is 0 Å². The van der Waals surface area contributed by atoms with E-state index in [4.69, 9.17) is 5.73 Å². The van der Waals surface area contributed by atoms with Crippen LogP contribution in [0.4, 0.5) is 11.9 Å². The van der Waals surface area contributed by atoms with Gasteiger partial charge < -0.3 is 15.2 Å². The highest BCUT2D eigenvalue weighted by molar-refractivity contribution is 7.98. The molecule has 1 aromatic carbocycles. The number of benzene rings is 1. The van der Waals surface area contributed by atoms with Crippen molar-refractivity contribution in [3.8, 4) is 11.4 Å². The van der Waals surface area contributed by atoms with Crippen LogP contribution >= 0.6 is 11.8 Å². The van der Waals surface area contributed by atoms with Gasteiger partial charge in [-0.3, -0.25) is 0 Å². The molecule has 9 heteroatoms. The Hall–Kier alpha value is -2.68. The Balaban J connectivity index is 1.82. The number of nitrogen functional groups attached to an aromatic ring is 1. The van der Waals surface area contributed by atoms with Gasteiger partial charge in [0.15, 0.2) is 11.0 Å². The van der Waals surface area contributed by atoms with Crippen molar-refractivity contribution in [2.24, 2.45) is 0 Å². The van der Waals surface area contributed by atoms with Gasteiger partial charge in [0.25, 0.3) is 0 Å². The third kappa shape index (κ3) is 4.84. The van der Waals surface area contributed by atoms with Crippen LogP contribution in [0.2, 0.25) is 0 Å². The van der Waals surface area contributed by atoms with Crippen molar-refractivity contribution in [2.45, 2.75) is 50.6 Å². The van der Waals surface area contributed by atoms with Gasteiger partial charge in [-0.05, 0) is 17.9 Å². The molecular formula is C20H28N8S. The predicted octanol–water partition coefficient (Wildman–Crippen LogP) is 3.39. The van der Waals surface area contributed by atoms with Gasteiger partial charge in [-0.25, -0.2) is 0 Å². The van der Waals surface area contributed by atoms with Gasteiger partial charge in [-0.2, -0.15) is 15.0 Å². The van der Waals surface area contributed by atoms with Gasteiger partial charge in [0.2, 0.25) is 11.9 Å². The molecule has 0 spiro atoms. The lowest BCUT2D eigenvalue weighted by Crippen LogP contribution is -2.16. The van der Waals surface area contributed by atoms with Gasteiger partial charge in [-0.1, -0.05) is 56.8 Å². The van der Waals surface area contributed by atoms with Crippen LogP contribution in [0.15, 0.2) is 29.4 Å². The molecule has 0 saturated carbocycles. The van der Waals surface area contributed by atoms with Crippen LogP contribution in [-0.4, -0.2) is 43.8 Å². The second-order valence-electron chi connectivity index (χ2n) is 7.97. The molecule has 0 radical (unpaired) electrons. The number of aromatic nitrogens is 6. The van der Waals surface area contributed by atoms with Crippen LogP contribution < -0.4 is 10.6 Å².